The summed E-state index contributed by atoms with van der Waals surface area (Å²) >= 11 is 4.57. The maximum atomic E-state index is 13.1. The number of rotatable bonds is 5. The van der Waals surface area contributed by atoms with Crippen molar-refractivity contribution in [3.05, 3.63) is 30.1 Å². The van der Waals surface area contributed by atoms with Gasteiger partial charge in [0.1, 0.15) is 0 Å². The SMILES string of the molecule is NC(=S)CNC(=O)COc1ccccc1F. The minimum atomic E-state index is -0.510. The first kappa shape index (κ1) is 12.4. The molecule has 0 aromatic heterocycles. The van der Waals surface area contributed by atoms with Gasteiger partial charge in [0, 0.05) is 0 Å². The van der Waals surface area contributed by atoms with E-state index >= 15 is 0 Å². The largest absolute Gasteiger partial charge is 0.481 e. The van der Waals surface area contributed by atoms with Crippen LogP contribution in [0.15, 0.2) is 24.3 Å². The molecule has 16 heavy (non-hydrogen) atoms. The Hall–Kier alpha value is -1.69. The summed E-state index contributed by atoms with van der Waals surface area (Å²) in [6.07, 6.45) is 0. The average molecular weight is 242 g/mol. The van der Waals surface area contributed by atoms with Crippen LogP contribution in [-0.2, 0) is 4.79 Å². The van der Waals surface area contributed by atoms with Gasteiger partial charge in [0.25, 0.3) is 5.91 Å². The number of hydrogen-bond acceptors (Lipinski definition) is 3. The van der Waals surface area contributed by atoms with Crippen molar-refractivity contribution in [1.82, 2.24) is 5.32 Å². The Morgan fingerprint density at radius 1 is 1.50 bits per heavy atom. The summed E-state index contributed by atoms with van der Waals surface area (Å²) in [5.41, 5.74) is 5.19. The summed E-state index contributed by atoms with van der Waals surface area (Å²) < 4.78 is 18.0. The minimum absolute atomic E-state index is 0.0352. The molecule has 1 aromatic rings. The van der Waals surface area contributed by atoms with E-state index in [2.05, 4.69) is 17.5 Å². The number of ether oxygens (including phenoxy) is 1. The Morgan fingerprint density at radius 3 is 2.81 bits per heavy atom. The number of nitrogens with two attached hydrogens (primary N) is 1. The van der Waals surface area contributed by atoms with Crippen LogP contribution < -0.4 is 15.8 Å². The highest BCUT2D eigenvalue weighted by molar-refractivity contribution is 7.80. The second-order valence-corrected chi connectivity index (χ2v) is 3.49. The van der Waals surface area contributed by atoms with Gasteiger partial charge >= 0.3 is 0 Å². The lowest BCUT2D eigenvalue weighted by Crippen LogP contribution is -2.35. The minimum Gasteiger partial charge on any atom is -0.481 e. The van der Waals surface area contributed by atoms with Crippen LogP contribution >= 0.6 is 12.2 Å². The fourth-order valence-electron chi connectivity index (χ4n) is 0.942. The molecule has 0 atom stereocenters. The Morgan fingerprint density at radius 2 is 2.19 bits per heavy atom. The van der Waals surface area contributed by atoms with Gasteiger partial charge in [-0.2, -0.15) is 0 Å². The third-order valence-electron chi connectivity index (χ3n) is 1.66. The summed E-state index contributed by atoms with van der Waals surface area (Å²) in [6, 6.07) is 5.85. The van der Waals surface area contributed by atoms with E-state index in [0.29, 0.717) is 0 Å². The number of thiocarbonyl (C=S) groups is 1. The van der Waals surface area contributed by atoms with Crippen LogP contribution in [0.1, 0.15) is 0 Å². The van der Waals surface area contributed by atoms with Crippen LogP contribution in [-0.4, -0.2) is 24.0 Å². The zero-order valence-corrected chi connectivity index (χ0v) is 9.22. The molecule has 0 heterocycles. The van der Waals surface area contributed by atoms with Crippen LogP contribution in [0.2, 0.25) is 0 Å². The van der Waals surface area contributed by atoms with Gasteiger partial charge in [-0.1, -0.05) is 24.4 Å². The number of nitrogens with one attached hydrogen (secondary N) is 1. The van der Waals surface area contributed by atoms with Gasteiger partial charge in [0.2, 0.25) is 0 Å². The molecule has 0 fully saturated rings. The smallest absolute Gasteiger partial charge is 0.258 e. The molecule has 3 N–H and O–H groups in total. The van der Waals surface area contributed by atoms with Crippen molar-refractivity contribution >= 4 is 23.1 Å². The van der Waals surface area contributed by atoms with E-state index in [4.69, 9.17) is 10.5 Å². The molecule has 0 unspecified atom stereocenters. The lowest BCUT2D eigenvalue weighted by atomic mass is 10.3. The van der Waals surface area contributed by atoms with Crippen molar-refractivity contribution < 1.29 is 13.9 Å². The summed E-state index contributed by atoms with van der Waals surface area (Å²) in [6.45, 7) is -0.168. The highest BCUT2D eigenvalue weighted by atomic mass is 32.1. The number of para-hydroxylation sites is 1. The Balaban J connectivity index is 2.37. The van der Waals surface area contributed by atoms with E-state index in [0.717, 1.165) is 0 Å². The van der Waals surface area contributed by atoms with Gasteiger partial charge in [-0.15, -0.1) is 0 Å². The second kappa shape index (κ2) is 6.02. The molecule has 0 bridgehead atoms. The Kier molecular flexibility index (Phi) is 4.65. The molecule has 0 aliphatic heterocycles. The molecule has 0 aliphatic carbocycles. The number of halogens is 1. The zero-order chi connectivity index (χ0) is 12.0. The second-order valence-electron chi connectivity index (χ2n) is 2.96. The number of carbonyl (C=O) groups excluding carboxylic acids is 1. The lowest BCUT2D eigenvalue weighted by molar-refractivity contribution is -0.122. The van der Waals surface area contributed by atoms with Crippen molar-refractivity contribution in [2.24, 2.45) is 5.73 Å². The van der Waals surface area contributed by atoms with Crippen molar-refractivity contribution in [1.29, 1.82) is 0 Å². The van der Waals surface area contributed by atoms with E-state index in [1.807, 2.05) is 0 Å². The molecule has 0 aliphatic rings. The van der Waals surface area contributed by atoms with Crippen molar-refractivity contribution in [2.75, 3.05) is 13.2 Å². The maximum Gasteiger partial charge on any atom is 0.258 e. The van der Waals surface area contributed by atoms with Gasteiger partial charge in [0.15, 0.2) is 18.2 Å². The fourth-order valence-corrected chi connectivity index (χ4v) is 1.01. The first-order valence-electron chi connectivity index (χ1n) is 4.52. The van der Waals surface area contributed by atoms with Crippen molar-refractivity contribution in [3.8, 4) is 5.75 Å². The number of amides is 1. The van der Waals surface area contributed by atoms with Gasteiger partial charge < -0.3 is 15.8 Å². The Bertz CT molecular complexity index is 398. The predicted molar refractivity (Wildman–Crippen MR) is 61.7 cm³/mol. The molecular weight excluding hydrogens is 231 g/mol. The summed E-state index contributed by atoms with van der Waals surface area (Å²) in [7, 11) is 0. The van der Waals surface area contributed by atoms with E-state index in [9.17, 15) is 9.18 Å². The zero-order valence-electron chi connectivity index (χ0n) is 8.40. The molecule has 0 radical (unpaired) electrons. The highest BCUT2D eigenvalue weighted by Crippen LogP contribution is 2.14. The van der Waals surface area contributed by atoms with E-state index in [-0.39, 0.29) is 23.9 Å². The molecule has 0 saturated heterocycles. The number of hydrogen-bond donors (Lipinski definition) is 2. The van der Waals surface area contributed by atoms with Gasteiger partial charge in [0.05, 0.1) is 11.5 Å². The van der Waals surface area contributed by atoms with E-state index < -0.39 is 11.7 Å². The number of carbonyl (C=O) groups is 1. The highest BCUT2D eigenvalue weighted by Gasteiger charge is 2.05. The molecule has 1 aromatic carbocycles. The monoisotopic (exact) mass is 242 g/mol. The summed E-state index contributed by atoms with van der Waals surface area (Å²) in [4.78, 5) is 11.3. The predicted octanol–water partition coefficient (Wildman–Crippen LogP) is 0.607. The fraction of sp³-hybridized carbons (Fsp3) is 0.200. The van der Waals surface area contributed by atoms with E-state index in [1.165, 1.54) is 18.2 Å². The van der Waals surface area contributed by atoms with Crippen LogP contribution in [0.25, 0.3) is 0 Å². The van der Waals surface area contributed by atoms with Gasteiger partial charge in [-0.05, 0) is 12.1 Å². The first-order chi connectivity index (χ1) is 7.59. The van der Waals surface area contributed by atoms with Crippen LogP contribution in [0, 0.1) is 5.82 Å². The van der Waals surface area contributed by atoms with Crippen molar-refractivity contribution in [2.45, 2.75) is 0 Å². The van der Waals surface area contributed by atoms with Crippen molar-refractivity contribution in [3.63, 3.8) is 0 Å². The molecule has 1 rings (SSSR count). The molecule has 1 amide bonds. The van der Waals surface area contributed by atoms with Gasteiger partial charge in [-0.25, -0.2) is 4.39 Å². The van der Waals surface area contributed by atoms with Crippen LogP contribution in [0.3, 0.4) is 0 Å². The molecule has 0 spiro atoms. The quantitative estimate of drug-likeness (QED) is 0.742. The third kappa shape index (κ3) is 4.22. The first-order valence-corrected chi connectivity index (χ1v) is 4.92. The number of benzene rings is 1. The lowest BCUT2D eigenvalue weighted by Gasteiger charge is -2.07. The van der Waals surface area contributed by atoms with Gasteiger partial charge in [-0.3, -0.25) is 4.79 Å². The summed E-state index contributed by atoms with van der Waals surface area (Å²) in [5, 5.41) is 2.42. The molecule has 4 nitrogen and oxygen atoms in total. The Labute approximate surface area is 97.6 Å². The maximum absolute atomic E-state index is 13.1. The molecule has 0 saturated carbocycles. The third-order valence-corrected chi connectivity index (χ3v) is 1.80. The van der Waals surface area contributed by atoms with Crippen LogP contribution in [0.5, 0.6) is 5.75 Å². The topological polar surface area (TPSA) is 64.3 Å². The normalized spacial score (nSPS) is 9.56. The standard InChI is InChI=1S/C10H11FN2O2S/c11-7-3-1-2-4-8(7)15-6-10(14)13-5-9(12)16/h1-4H,5-6H2,(H2,12,16)(H,13,14). The molecule has 86 valence electrons. The molecule has 6 heteroatoms. The van der Waals surface area contributed by atoms with Crippen LogP contribution in [0.4, 0.5) is 4.39 Å². The average Bonchev–Trinajstić information content (AvgIpc) is 2.25. The summed E-state index contributed by atoms with van der Waals surface area (Å²) in [5.74, 6) is -0.881. The van der Waals surface area contributed by atoms with E-state index in [1.54, 1.807) is 6.07 Å². The molecular formula is C10H11FN2O2S.